The molecule has 0 radical (unpaired) electrons. The van der Waals surface area contributed by atoms with Crippen molar-refractivity contribution in [2.24, 2.45) is 0 Å². The molecular formula is C25H25FN2O4S. The van der Waals surface area contributed by atoms with E-state index in [0.29, 0.717) is 17.8 Å². The van der Waals surface area contributed by atoms with Gasteiger partial charge in [0.15, 0.2) is 9.84 Å². The number of aromatic nitrogens is 1. The lowest BCUT2D eigenvalue weighted by molar-refractivity contribution is 0.0513. The van der Waals surface area contributed by atoms with Gasteiger partial charge in [0, 0.05) is 35.8 Å². The first-order chi connectivity index (χ1) is 15.8. The Morgan fingerprint density at radius 2 is 1.85 bits per heavy atom. The number of sulfone groups is 1. The molecule has 4 aromatic rings. The minimum atomic E-state index is -3.23. The number of para-hydroxylation sites is 1. The van der Waals surface area contributed by atoms with Gasteiger partial charge in [-0.15, -0.1) is 0 Å². The third kappa shape index (κ3) is 4.91. The largest absolute Gasteiger partial charge is 0.461 e. The fraction of sp³-hybridized carbons (Fsp3) is 0.240. The number of hydrogen-bond donors (Lipinski definition) is 1. The first-order valence-corrected chi connectivity index (χ1v) is 12.7. The zero-order chi connectivity index (χ0) is 23.6. The number of carbonyl (C=O) groups excluding carboxylic acids is 1. The van der Waals surface area contributed by atoms with Gasteiger partial charge < -0.3 is 9.30 Å². The van der Waals surface area contributed by atoms with Gasteiger partial charge in [0.1, 0.15) is 11.5 Å². The van der Waals surface area contributed by atoms with Gasteiger partial charge in [-0.3, -0.25) is 5.32 Å². The Morgan fingerprint density at radius 3 is 2.61 bits per heavy atom. The molecule has 4 rings (SSSR count). The lowest BCUT2D eigenvalue weighted by Gasteiger charge is -2.14. The summed E-state index contributed by atoms with van der Waals surface area (Å²) in [7, 11) is -3.23. The smallest absolute Gasteiger partial charge is 0.355 e. The Balaban J connectivity index is 1.88. The Labute approximate surface area is 191 Å². The average molecular weight is 469 g/mol. The second kappa shape index (κ2) is 9.33. The van der Waals surface area contributed by atoms with E-state index < -0.39 is 15.8 Å². The number of benzene rings is 3. The molecule has 0 bridgehead atoms. The molecule has 172 valence electrons. The summed E-state index contributed by atoms with van der Waals surface area (Å²) in [6, 6.07) is 17.9. The van der Waals surface area contributed by atoms with Crippen molar-refractivity contribution in [1.29, 1.82) is 0 Å². The predicted molar refractivity (Wildman–Crippen MR) is 127 cm³/mol. The number of hydrogen-bond acceptors (Lipinski definition) is 5. The molecular weight excluding hydrogens is 443 g/mol. The van der Waals surface area contributed by atoms with E-state index >= 15 is 0 Å². The third-order valence-electron chi connectivity index (χ3n) is 5.47. The molecule has 1 N–H and O–H groups in total. The molecule has 1 heterocycles. The molecule has 3 aromatic carbocycles. The molecule has 0 saturated heterocycles. The molecule has 0 aliphatic heterocycles. The van der Waals surface area contributed by atoms with Gasteiger partial charge in [0.25, 0.3) is 0 Å². The maximum atomic E-state index is 14.0. The molecule has 1 aromatic heterocycles. The Kier molecular flexibility index (Phi) is 6.49. The Morgan fingerprint density at radius 1 is 1.06 bits per heavy atom. The zero-order valence-electron chi connectivity index (χ0n) is 18.5. The van der Waals surface area contributed by atoms with Crippen molar-refractivity contribution in [2.45, 2.75) is 20.0 Å². The number of rotatable bonds is 8. The highest BCUT2D eigenvalue weighted by Gasteiger charge is 2.24. The topological polar surface area (TPSA) is 77.4 Å². The van der Waals surface area contributed by atoms with Crippen molar-refractivity contribution < 1.29 is 22.3 Å². The van der Waals surface area contributed by atoms with E-state index in [0.717, 1.165) is 33.5 Å². The molecule has 0 spiro atoms. The number of ether oxygens (including phenoxy) is 1. The standard InChI is InChI=1S/C25H25FN2O4S/c1-3-32-25(29)24-22(14-27-16-33(2,30)31)20-9-4-5-10-23(20)28(24)15-18-8-6-7-17-11-12-19(26)13-21(17)18/h4-13,27H,3,14-16H2,1-2H3. The van der Waals surface area contributed by atoms with Crippen LogP contribution in [0.4, 0.5) is 4.39 Å². The summed E-state index contributed by atoms with van der Waals surface area (Å²) >= 11 is 0. The van der Waals surface area contributed by atoms with Crippen molar-refractivity contribution >= 4 is 37.5 Å². The molecule has 0 fully saturated rings. The molecule has 0 unspecified atom stereocenters. The lowest BCUT2D eigenvalue weighted by Crippen LogP contribution is -2.23. The van der Waals surface area contributed by atoms with E-state index in [2.05, 4.69) is 5.32 Å². The summed E-state index contributed by atoms with van der Waals surface area (Å²) in [5.41, 5.74) is 2.69. The summed E-state index contributed by atoms with van der Waals surface area (Å²) in [6.07, 6.45) is 1.15. The summed E-state index contributed by atoms with van der Waals surface area (Å²) in [5, 5.41) is 5.42. The van der Waals surface area contributed by atoms with Crippen molar-refractivity contribution in [2.75, 3.05) is 18.7 Å². The van der Waals surface area contributed by atoms with Gasteiger partial charge >= 0.3 is 5.97 Å². The fourth-order valence-corrected chi connectivity index (χ4v) is 4.60. The van der Waals surface area contributed by atoms with E-state index in [-0.39, 0.29) is 24.8 Å². The van der Waals surface area contributed by atoms with Crippen LogP contribution in [-0.2, 0) is 27.7 Å². The highest BCUT2D eigenvalue weighted by Crippen LogP contribution is 2.30. The quantitative estimate of drug-likeness (QED) is 0.391. The van der Waals surface area contributed by atoms with Crippen molar-refractivity contribution in [3.05, 3.63) is 83.3 Å². The second-order valence-electron chi connectivity index (χ2n) is 7.93. The van der Waals surface area contributed by atoms with Crippen molar-refractivity contribution in [3.63, 3.8) is 0 Å². The molecule has 0 aliphatic rings. The number of nitrogens with zero attached hydrogens (tertiary/aromatic N) is 1. The highest BCUT2D eigenvalue weighted by molar-refractivity contribution is 7.90. The van der Waals surface area contributed by atoms with Crippen LogP contribution >= 0.6 is 0 Å². The SMILES string of the molecule is CCOC(=O)c1c(CNCS(C)(=O)=O)c2ccccc2n1Cc1cccc2ccc(F)cc12. The number of carbonyl (C=O) groups is 1. The predicted octanol–water partition coefficient (Wildman–Crippen LogP) is 4.25. The van der Waals surface area contributed by atoms with Crippen LogP contribution in [0.3, 0.4) is 0 Å². The average Bonchev–Trinajstić information content (AvgIpc) is 3.07. The third-order valence-corrected chi connectivity index (χ3v) is 6.20. The van der Waals surface area contributed by atoms with Gasteiger partial charge in [-0.05, 0) is 41.5 Å². The van der Waals surface area contributed by atoms with Crippen LogP contribution in [-0.4, -0.2) is 37.7 Å². The number of fused-ring (bicyclic) bond motifs is 2. The zero-order valence-corrected chi connectivity index (χ0v) is 19.3. The first kappa shape index (κ1) is 22.9. The van der Waals surface area contributed by atoms with Crippen LogP contribution < -0.4 is 5.32 Å². The summed E-state index contributed by atoms with van der Waals surface area (Å²) in [5.74, 6) is -1.03. The van der Waals surface area contributed by atoms with E-state index in [1.54, 1.807) is 13.0 Å². The van der Waals surface area contributed by atoms with Gasteiger partial charge in [-0.2, -0.15) is 0 Å². The van der Waals surface area contributed by atoms with E-state index in [4.69, 9.17) is 4.74 Å². The van der Waals surface area contributed by atoms with Crippen LogP contribution in [0, 0.1) is 5.82 Å². The number of halogens is 1. The maximum absolute atomic E-state index is 14.0. The molecule has 0 aliphatic carbocycles. The molecule has 0 saturated carbocycles. The van der Waals surface area contributed by atoms with Gasteiger partial charge in [-0.1, -0.05) is 42.5 Å². The van der Waals surface area contributed by atoms with Gasteiger partial charge in [0.05, 0.1) is 12.5 Å². The number of nitrogens with one attached hydrogen (secondary N) is 1. The molecule has 33 heavy (non-hydrogen) atoms. The van der Waals surface area contributed by atoms with Crippen LogP contribution in [0.25, 0.3) is 21.7 Å². The second-order valence-corrected chi connectivity index (χ2v) is 10.1. The Hall–Kier alpha value is -3.23. The minimum absolute atomic E-state index is 0.179. The van der Waals surface area contributed by atoms with Gasteiger partial charge in [0.2, 0.25) is 0 Å². The lowest BCUT2D eigenvalue weighted by atomic mass is 10.0. The van der Waals surface area contributed by atoms with Crippen LogP contribution in [0.1, 0.15) is 28.5 Å². The highest BCUT2D eigenvalue weighted by atomic mass is 32.2. The van der Waals surface area contributed by atoms with E-state index in [9.17, 15) is 17.6 Å². The Bertz CT molecular complexity index is 1440. The van der Waals surface area contributed by atoms with E-state index in [1.165, 1.54) is 12.1 Å². The minimum Gasteiger partial charge on any atom is -0.461 e. The van der Waals surface area contributed by atoms with Crippen LogP contribution in [0.2, 0.25) is 0 Å². The molecule has 8 heteroatoms. The summed E-state index contributed by atoms with van der Waals surface area (Å²) in [6.45, 7) is 2.44. The summed E-state index contributed by atoms with van der Waals surface area (Å²) < 4.78 is 44.5. The van der Waals surface area contributed by atoms with Crippen LogP contribution in [0.15, 0.2) is 60.7 Å². The van der Waals surface area contributed by atoms with Crippen molar-refractivity contribution in [1.82, 2.24) is 9.88 Å². The molecule has 0 amide bonds. The van der Waals surface area contributed by atoms with E-state index in [1.807, 2.05) is 47.0 Å². The first-order valence-electron chi connectivity index (χ1n) is 10.6. The van der Waals surface area contributed by atoms with Crippen LogP contribution in [0.5, 0.6) is 0 Å². The summed E-state index contributed by atoms with van der Waals surface area (Å²) in [4.78, 5) is 13.1. The van der Waals surface area contributed by atoms with Crippen molar-refractivity contribution in [3.8, 4) is 0 Å². The number of esters is 1. The van der Waals surface area contributed by atoms with Gasteiger partial charge in [-0.25, -0.2) is 17.6 Å². The monoisotopic (exact) mass is 468 g/mol. The fourth-order valence-electron chi connectivity index (χ4n) is 4.13. The molecule has 6 nitrogen and oxygen atoms in total. The maximum Gasteiger partial charge on any atom is 0.355 e. The molecule has 0 atom stereocenters. The normalized spacial score (nSPS) is 11.8.